The summed E-state index contributed by atoms with van der Waals surface area (Å²) in [7, 11) is 0. The van der Waals surface area contributed by atoms with E-state index >= 15 is 0 Å². The van der Waals surface area contributed by atoms with E-state index in [4.69, 9.17) is 0 Å². The summed E-state index contributed by atoms with van der Waals surface area (Å²) in [6.07, 6.45) is 9.57. The average Bonchev–Trinajstić information content (AvgIpc) is 2.04. The smallest absolute Gasteiger partial charge is 0.0537 e. The third kappa shape index (κ3) is 7.60. The molecule has 0 saturated heterocycles. The summed E-state index contributed by atoms with van der Waals surface area (Å²) in [4.78, 5) is 0. The van der Waals surface area contributed by atoms with Crippen LogP contribution in [0.25, 0.3) is 0 Å². The van der Waals surface area contributed by atoms with Crippen molar-refractivity contribution in [3.63, 3.8) is 0 Å². The third-order valence-electron chi connectivity index (χ3n) is 1.87. The molecule has 0 spiro atoms. The Morgan fingerprint density at radius 2 is 2.09 bits per heavy atom. The molecular formula is C10H20O. The average molecular weight is 156 g/mol. The molecule has 0 bridgehead atoms. The van der Waals surface area contributed by atoms with Gasteiger partial charge >= 0.3 is 0 Å². The Bertz CT molecular complexity index is 97.0. The highest BCUT2D eigenvalue weighted by Gasteiger charge is 1.97. The van der Waals surface area contributed by atoms with Crippen molar-refractivity contribution < 1.29 is 5.11 Å². The first kappa shape index (κ1) is 10.7. The number of allylic oxidation sites excluding steroid dienone is 2. The van der Waals surface area contributed by atoms with Gasteiger partial charge in [0.1, 0.15) is 0 Å². The molecule has 0 aliphatic heterocycles. The van der Waals surface area contributed by atoms with Crippen LogP contribution >= 0.6 is 0 Å². The Labute approximate surface area is 70.1 Å². The quantitative estimate of drug-likeness (QED) is 0.463. The van der Waals surface area contributed by atoms with Gasteiger partial charge in [-0.05, 0) is 32.6 Å². The van der Waals surface area contributed by atoms with E-state index in [1.54, 1.807) is 0 Å². The summed E-state index contributed by atoms with van der Waals surface area (Å²) in [5.41, 5.74) is 0. The second-order valence-corrected chi connectivity index (χ2v) is 2.92. The molecule has 0 aliphatic carbocycles. The Balaban J connectivity index is 3.01. The van der Waals surface area contributed by atoms with Gasteiger partial charge in [-0.2, -0.15) is 0 Å². The van der Waals surface area contributed by atoms with E-state index in [0.717, 1.165) is 25.7 Å². The van der Waals surface area contributed by atoms with Crippen LogP contribution in [0.4, 0.5) is 0 Å². The highest BCUT2D eigenvalue weighted by Crippen LogP contribution is 2.06. The van der Waals surface area contributed by atoms with Crippen molar-refractivity contribution in [2.24, 2.45) is 0 Å². The van der Waals surface area contributed by atoms with Gasteiger partial charge in [-0.15, -0.1) is 0 Å². The molecule has 0 aromatic rings. The Kier molecular flexibility index (Phi) is 7.59. The lowest BCUT2D eigenvalue weighted by Crippen LogP contribution is -2.02. The number of hydrogen-bond donors (Lipinski definition) is 1. The molecule has 11 heavy (non-hydrogen) atoms. The maximum absolute atomic E-state index is 9.20. The maximum atomic E-state index is 9.20. The van der Waals surface area contributed by atoms with E-state index < -0.39 is 0 Å². The molecule has 0 rings (SSSR count). The van der Waals surface area contributed by atoms with E-state index in [0.29, 0.717) is 0 Å². The fourth-order valence-electron chi connectivity index (χ4n) is 1.01. The van der Waals surface area contributed by atoms with Crippen LogP contribution in [0.3, 0.4) is 0 Å². The normalized spacial score (nSPS) is 14.1. The van der Waals surface area contributed by atoms with E-state index in [-0.39, 0.29) is 6.10 Å². The van der Waals surface area contributed by atoms with E-state index in [2.05, 4.69) is 12.2 Å². The maximum Gasteiger partial charge on any atom is 0.0537 e. The summed E-state index contributed by atoms with van der Waals surface area (Å²) in [6.45, 7) is 4.07. The number of rotatable bonds is 6. The van der Waals surface area contributed by atoms with Gasteiger partial charge in [-0.1, -0.05) is 25.5 Å². The number of hydrogen-bond acceptors (Lipinski definition) is 1. The van der Waals surface area contributed by atoms with E-state index in [9.17, 15) is 5.11 Å². The summed E-state index contributed by atoms with van der Waals surface area (Å²) in [6, 6.07) is 0. The fourth-order valence-corrected chi connectivity index (χ4v) is 1.01. The second kappa shape index (κ2) is 7.80. The molecule has 0 aliphatic rings. The molecule has 1 N–H and O–H groups in total. The fraction of sp³-hybridized carbons (Fsp3) is 0.800. The van der Waals surface area contributed by atoms with Crippen molar-refractivity contribution in [2.45, 2.75) is 52.1 Å². The number of aliphatic hydroxyl groups excluding tert-OH is 1. The molecule has 0 amide bonds. The van der Waals surface area contributed by atoms with Gasteiger partial charge in [0.05, 0.1) is 6.10 Å². The molecule has 1 heteroatoms. The Hall–Kier alpha value is -0.300. The van der Waals surface area contributed by atoms with Gasteiger partial charge in [0.25, 0.3) is 0 Å². The lowest BCUT2D eigenvalue weighted by Gasteiger charge is -2.05. The Morgan fingerprint density at radius 3 is 2.64 bits per heavy atom. The van der Waals surface area contributed by atoms with Crippen LogP contribution in [0.2, 0.25) is 0 Å². The lowest BCUT2D eigenvalue weighted by molar-refractivity contribution is 0.157. The highest BCUT2D eigenvalue weighted by molar-refractivity contribution is 4.76. The van der Waals surface area contributed by atoms with Crippen LogP contribution in [-0.4, -0.2) is 11.2 Å². The molecule has 1 unspecified atom stereocenters. The molecule has 0 heterocycles. The van der Waals surface area contributed by atoms with Crippen molar-refractivity contribution in [3.8, 4) is 0 Å². The summed E-state index contributed by atoms with van der Waals surface area (Å²) in [5, 5.41) is 9.20. The summed E-state index contributed by atoms with van der Waals surface area (Å²) < 4.78 is 0. The van der Waals surface area contributed by atoms with Gasteiger partial charge in [-0.3, -0.25) is 0 Å². The number of aliphatic hydroxyl groups is 1. The molecule has 0 aromatic carbocycles. The first-order valence-corrected chi connectivity index (χ1v) is 4.60. The molecule has 1 nitrogen and oxygen atoms in total. The van der Waals surface area contributed by atoms with Crippen molar-refractivity contribution in [1.29, 1.82) is 0 Å². The van der Waals surface area contributed by atoms with Crippen LogP contribution in [0, 0.1) is 0 Å². The van der Waals surface area contributed by atoms with Crippen LogP contribution < -0.4 is 0 Å². The summed E-state index contributed by atoms with van der Waals surface area (Å²) in [5.74, 6) is 0. The predicted molar refractivity (Wildman–Crippen MR) is 49.6 cm³/mol. The first-order chi connectivity index (χ1) is 5.31. The van der Waals surface area contributed by atoms with Gasteiger partial charge < -0.3 is 5.11 Å². The zero-order chi connectivity index (χ0) is 8.53. The minimum Gasteiger partial charge on any atom is -0.393 e. The third-order valence-corrected chi connectivity index (χ3v) is 1.87. The monoisotopic (exact) mass is 156 g/mol. The zero-order valence-electron chi connectivity index (χ0n) is 7.71. The van der Waals surface area contributed by atoms with Crippen LogP contribution in [0.5, 0.6) is 0 Å². The van der Waals surface area contributed by atoms with Crippen LogP contribution in [0.1, 0.15) is 46.0 Å². The molecule has 0 radical (unpaired) electrons. The number of unbranched alkanes of at least 4 members (excludes halogenated alkanes) is 2. The van der Waals surface area contributed by atoms with E-state index in [1.807, 2.05) is 13.8 Å². The minimum atomic E-state index is -0.0689. The Morgan fingerprint density at radius 1 is 1.36 bits per heavy atom. The minimum absolute atomic E-state index is 0.0689. The molecular weight excluding hydrogens is 136 g/mol. The van der Waals surface area contributed by atoms with Gasteiger partial charge in [-0.25, -0.2) is 0 Å². The molecule has 0 aromatic heterocycles. The van der Waals surface area contributed by atoms with Gasteiger partial charge in [0, 0.05) is 0 Å². The summed E-state index contributed by atoms with van der Waals surface area (Å²) >= 11 is 0. The van der Waals surface area contributed by atoms with Crippen molar-refractivity contribution in [3.05, 3.63) is 12.2 Å². The standard InChI is InChI=1S/C10H20O/c1-3-5-6-7-8-9-10(11)4-2/h3,5,10-11H,4,6-9H2,1-2H3. The first-order valence-electron chi connectivity index (χ1n) is 4.60. The van der Waals surface area contributed by atoms with Gasteiger partial charge in [0.15, 0.2) is 0 Å². The predicted octanol–water partition coefficient (Wildman–Crippen LogP) is 2.89. The lowest BCUT2D eigenvalue weighted by atomic mass is 10.1. The van der Waals surface area contributed by atoms with Crippen molar-refractivity contribution in [1.82, 2.24) is 0 Å². The molecule has 0 fully saturated rings. The van der Waals surface area contributed by atoms with Crippen molar-refractivity contribution in [2.75, 3.05) is 0 Å². The zero-order valence-corrected chi connectivity index (χ0v) is 7.71. The molecule has 1 atom stereocenters. The second-order valence-electron chi connectivity index (χ2n) is 2.92. The van der Waals surface area contributed by atoms with Crippen molar-refractivity contribution >= 4 is 0 Å². The van der Waals surface area contributed by atoms with Crippen LogP contribution in [-0.2, 0) is 0 Å². The van der Waals surface area contributed by atoms with Gasteiger partial charge in [0.2, 0.25) is 0 Å². The van der Waals surface area contributed by atoms with E-state index in [1.165, 1.54) is 6.42 Å². The topological polar surface area (TPSA) is 20.2 Å². The molecule has 0 saturated carbocycles. The largest absolute Gasteiger partial charge is 0.393 e. The SMILES string of the molecule is CC=CCCCCC(O)CC. The van der Waals surface area contributed by atoms with Crippen LogP contribution in [0.15, 0.2) is 12.2 Å². The molecule has 66 valence electrons. The highest BCUT2D eigenvalue weighted by atomic mass is 16.3.